The summed E-state index contributed by atoms with van der Waals surface area (Å²) < 4.78 is 0. The second-order valence-electron chi connectivity index (χ2n) is 7.37. The van der Waals surface area contributed by atoms with Crippen molar-refractivity contribution in [3.63, 3.8) is 0 Å². The van der Waals surface area contributed by atoms with E-state index < -0.39 is 5.97 Å². The van der Waals surface area contributed by atoms with Crippen LogP contribution in [-0.4, -0.2) is 28.0 Å². The number of carboxylic acids is 1. The Kier molecular flexibility index (Phi) is 5.55. The molecular formula is C21H26N2O3. The van der Waals surface area contributed by atoms with Crippen molar-refractivity contribution < 1.29 is 14.7 Å². The quantitative estimate of drug-likeness (QED) is 0.854. The fourth-order valence-corrected chi connectivity index (χ4v) is 3.83. The summed E-state index contributed by atoms with van der Waals surface area (Å²) in [5.74, 6) is -0.381. The topological polar surface area (TPSA) is 79.3 Å². The van der Waals surface area contributed by atoms with Crippen molar-refractivity contribution in [3.8, 4) is 0 Å². The van der Waals surface area contributed by atoms with Crippen molar-refractivity contribution in [2.45, 2.75) is 58.4 Å². The normalized spacial score (nSPS) is 16.4. The summed E-state index contributed by atoms with van der Waals surface area (Å²) >= 11 is 0. The van der Waals surface area contributed by atoms with E-state index in [-0.39, 0.29) is 18.4 Å². The number of carboxylic acid groups (broad SMARTS) is 1. The second kappa shape index (κ2) is 7.85. The van der Waals surface area contributed by atoms with Gasteiger partial charge in [0.2, 0.25) is 0 Å². The molecule has 0 spiro atoms. The summed E-state index contributed by atoms with van der Waals surface area (Å²) in [7, 11) is 0. The molecule has 1 fully saturated rings. The molecule has 1 aromatic carbocycles. The average Bonchev–Trinajstić information content (AvgIpc) is 2.62. The highest BCUT2D eigenvalue weighted by atomic mass is 16.4. The van der Waals surface area contributed by atoms with E-state index in [9.17, 15) is 9.59 Å². The number of pyridine rings is 1. The summed E-state index contributed by atoms with van der Waals surface area (Å²) in [6.07, 6.45) is 6.14. The molecule has 1 aromatic heterocycles. The van der Waals surface area contributed by atoms with Crippen LogP contribution in [0.25, 0.3) is 10.9 Å². The number of aromatic nitrogens is 1. The van der Waals surface area contributed by atoms with E-state index in [1.807, 2.05) is 12.1 Å². The molecule has 1 aliphatic rings. The van der Waals surface area contributed by atoms with Gasteiger partial charge in [-0.25, -0.2) is 0 Å². The molecular weight excluding hydrogens is 328 g/mol. The Morgan fingerprint density at radius 2 is 1.96 bits per heavy atom. The summed E-state index contributed by atoms with van der Waals surface area (Å²) in [6.45, 7) is 3.89. The Bertz CT molecular complexity index is 825. The number of amides is 1. The second-order valence-corrected chi connectivity index (χ2v) is 7.37. The molecule has 2 N–H and O–H groups in total. The number of fused-ring (bicyclic) bond motifs is 1. The maximum Gasteiger partial charge on any atom is 0.307 e. The molecule has 1 unspecified atom stereocenters. The molecule has 138 valence electrons. The van der Waals surface area contributed by atoms with Crippen molar-refractivity contribution in [1.82, 2.24) is 10.3 Å². The number of carbonyl (C=O) groups excluding carboxylic acids is 1. The number of hydrogen-bond acceptors (Lipinski definition) is 3. The SMILES string of the molecule is Cc1nc2cc(C(=O)NC(C)C3CCCCC3)ccc2cc1CC(=O)O. The van der Waals surface area contributed by atoms with Crippen LogP contribution in [0.4, 0.5) is 0 Å². The minimum absolute atomic E-state index is 0.0457. The molecule has 0 aliphatic heterocycles. The molecule has 0 bridgehead atoms. The lowest BCUT2D eigenvalue weighted by molar-refractivity contribution is -0.136. The minimum atomic E-state index is -0.873. The molecule has 0 saturated heterocycles. The Morgan fingerprint density at radius 3 is 2.65 bits per heavy atom. The Morgan fingerprint density at radius 1 is 1.23 bits per heavy atom. The van der Waals surface area contributed by atoms with Gasteiger partial charge in [0.15, 0.2) is 0 Å². The van der Waals surface area contributed by atoms with E-state index in [1.165, 1.54) is 32.1 Å². The van der Waals surface area contributed by atoms with Crippen molar-refractivity contribution in [2.75, 3.05) is 0 Å². The molecule has 1 amide bonds. The van der Waals surface area contributed by atoms with Crippen LogP contribution in [-0.2, 0) is 11.2 Å². The van der Waals surface area contributed by atoms with Gasteiger partial charge in [0, 0.05) is 22.7 Å². The maximum absolute atomic E-state index is 12.6. The van der Waals surface area contributed by atoms with E-state index in [0.717, 1.165) is 10.9 Å². The fraction of sp³-hybridized carbons (Fsp3) is 0.476. The first-order valence-corrected chi connectivity index (χ1v) is 9.37. The van der Waals surface area contributed by atoms with Crippen LogP contribution in [0.15, 0.2) is 24.3 Å². The smallest absolute Gasteiger partial charge is 0.307 e. The van der Waals surface area contributed by atoms with Crippen LogP contribution in [0.2, 0.25) is 0 Å². The third-order valence-corrected chi connectivity index (χ3v) is 5.43. The monoisotopic (exact) mass is 354 g/mol. The number of rotatable bonds is 5. The van der Waals surface area contributed by atoms with Gasteiger partial charge in [0.05, 0.1) is 11.9 Å². The lowest BCUT2D eigenvalue weighted by Gasteiger charge is -2.28. The molecule has 1 saturated carbocycles. The third kappa shape index (κ3) is 4.21. The molecule has 1 aliphatic carbocycles. The van der Waals surface area contributed by atoms with Gasteiger partial charge >= 0.3 is 5.97 Å². The number of carbonyl (C=O) groups is 2. The minimum Gasteiger partial charge on any atom is -0.481 e. The predicted octanol–water partition coefficient (Wildman–Crippen LogP) is 3.87. The average molecular weight is 354 g/mol. The summed E-state index contributed by atoms with van der Waals surface area (Å²) in [5.41, 5.74) is 2.70. The first-order valence-electron chi connectivity index (χ1n) is 9.37. The van der Waals surface area contributed by atoms with Gasteiger partial charge < -0.3 is 10.4 Å². The van der Waals surface area contributed by atoms with E-state index >= 15 is 0 Å². The number of aliphatic carboxylic acids is 1. The molecule has 0 radical (unpaired) electrons. The summed E-state index contributed by atoms with van der Waals surface area (Å²) in [6, 6.07) is 7.43. The molecule has 1 atom stereocenters. The fourth-order valence-electron chi connectivity index (χ4n) is 3.83. The summed E-state index contributed by atoms with van der Waals surface area (Å²) in [5, 5.41) is 13.0. The number of benzene rings is 1. The standard InChI is InChI=1S/C21H26N2O3/c1-13(15-6-4-3-5-7-15)23-21(26)17-9-8-16-10-18(12-20(24)25)14(2)22-19(16)11-17/h8-11,13,15H,3-7,12H2,1-2H3,(H,23,26)(H,24,25). The number of hydrogen-bond donors (Lipinski definition) is 2. The Labute approximate surface area is 153 Å². The van der Waals surface area contributed by atoms with Crippen molar-refractivity contribution in [3.05, 3.63) is 41.1 Å². The van der Waals surface area contributed by atoms with Crippen LogP contribution in [0.5, 0.6) is 0 Å². The van der Waals surface area contributed by atoms with Crippen LogP contribution >= 0.6 is 0 Å². The molecule has 26 heavy (non-hydrogen) atoms. The van der Waals surface area contributed by atoms with Gasteiger partial charge in [-0.15, -0.1) is 0 Å². The van der Waals surface area contributed by atoms with Crippen molar-refractivity contribution in [2.24, 2.45) is 5.92 Å². The Balaban J connectivity index is 1.77. The van der Waals surface area contributed by atoms with E-state index in [0.29, 0.717) is 22.7 Å². The zero-order valence-electron chi connectivity index (χ0n) is 15.4. The summed E-state index contributed by atoms with van der Waals surface area (Å²) in [4.78, 5) is 28.1. The van der Waals surface area contributed by atoms with E-state index in [2.05, 4.69) is 17.2 Å². The van der Waals surface area contributed by atoms with Gasteiger partial charge in [-0.3, -0.25) is 14.6 Å². The van der Waals surface area contributed by atoms with Crippen molar-refractivity contribution >= 4 is 22.8 Å². The van der Waals surface area contributed by atoms with Gasteiger partial charge in [0.1, 0.15) is 0 Å². The van der Waals surface area contributed by atoms with E-state index in [1.54, 1.807) is 19.1 Å². The van der Waals surface area contributed by atoms with Gasteiger partial charge in [0.25, 0.3) is 5.91 Å². The highest BCUT2D eigenvalue weighted by Gasteiger charge is 2.22. The van der Waals surface area contributed by atoms with Gasteiger partial charge in [-0.2, -0.15) is 0 Å². The number of nitrogens with zero attached hydrogens (tertiary/aromatic N) is 1. The molecule has 5 nitrogen and oxygen atoms in total. The largest absolute Gasteiger partial charge is 0.481 e. The first kappa shape index (κ1) is 18.4. The van der Waals surface area contributed by atoms with Crippen LogP contribution in [0, 0.1) is 12.8 Å². The Hall–Kier alpha value is -2.43. The zero-order valence-corrected chi connectivity index (χ0v) is 15.4. The lowest BCUT2D eigenvalue weighted by Crippen LogP contribution is -2.38. The number of nitrogens with one attached hydrogen (secondary N) is 1. The number of aryl methyl sites for hydroxylation is 1. The highest BCUT2D eigenvalue weighted by Crippen LogP contribution is 2.26. The van der Waals surface area contributed by atoms with Gasteiger partial charge in [-0.05, 0) is 56.4 Å². The molecule has 1 heterocycles. The van der Waals surface area contributed by atoms with Crippen molar-refractivity contribution in [1.29, 1.82) is 0 Å². The van der Waals surface area contributed by atoms with Gasteiger partial charge in [-0.1, -0.05) is 25.3 Å². The lowest BCUT2D eigenvalue weighted by atomic mass is 9.84. The van der Waals surface area contributed by atoms with Crippen LogP contribution in [0.1, 0.15) is 60.6 Å². The highest BCUT2D eigenvalue weighted by molar-refractivity contribution is 5.98. The van der Waals surface area contributed by atoms with E-state index in [4.69, 9.17) is 5.11 Å². The third-order valence-electron chi connectivity index (χ3n) is 5.43. The van der Waals surface area contributed by atoms with Crippen LogP contribution in [0.3, 0.4) is 0 Å². The molecule has 5 heteroatoms. The predicted molar refractivity (Wildman–Crippen MR) is 101 cm³/mol. The molecule has 3 rings (SSSR count). The first-order chi connectivity index (χ1) is 12.4. The van der Waals surface area contributed by atoms with Crippen LogP contribution < -0.4 is 5.32 Å². The zero-order chi connectivity index (χ0) is 18.7. The molecule has 2 aromatic rings. The maximum atomic E-state index is 12.6.